The SMILES string of the molecule is Nc1nc(NCCCCCC(=O)O)[nH]c(=O)c1N=O. The number of H-pyrrole nitrogens is 1. The molecular formula is C10H15N5O4. The number of carboxylic acids is 1. The van der Waals surface area contributed by atoms with E-state index in [0.717, 1.165) is 12.8 Å². The number of carboxylic acid groups (broad SMARTS) is 1. The summed E-state index contributed by atoms with van der Waals surface area (Å²) < 4.78 is 0. The topological polar surface area (TPSA) is 151 Å². The number of hydrogen-bond acceptors (Lipinski definition) is 7. The van der Waals surface area contributed by atoms with Crippen molar-refractivity contribution < 1.29 is 9.90 Å². The summed E-state index contributed by atoms with van der Waals surface area (Å²) in [4.78, 5) is 38.0. The minimum Gasteiger partial charge on any atom is -0.481 e. The van der Waals surface area contributed by atoms with E-state index >= 15 is 0 Å². The smallest absolute Gasteiger partial charge is 0.303 e. The molecule has 1 rings (SSSR count). The summed E-state index contributed by atoms with van der Waals surface area (Å²) in [6, 6.07) is 0. The number of aromatic nitrogens is 2. The van der Waals surface area contributed by atoms with Crippen molar-refractivity contribution in [3.05, 3.63) is 15.3 Å². The number of nitrogen functional groups attached to an aromatic ring is 1. The Hall–Kier alpha value is -2.45. The van der Waals surface area contributed by atoms with Gasteiger partial charge in [-0.05, 0) is 18.0 Å². The fourth-order valence-corrected chi connectivity index (χ4v) is 1.44. The Balaban J connectivity index is 2.40. The van der Waals surface area contributed by atoms with Crippen molar-refractivity contribution in [1.82, 2.24) is 9.97 Å². The first-order chi connectivity index (χ1) is 9.04. The maximum Gasteiger partial charge on any atom is 0.303 e. The predicted octanol–water partition coefficient (Wildman–Crippen LogP) is 0.807. The van der Waals surface area contributed by atoms with Gasteiger partial charge in [0.25, 0.3) is 5.56 Å². The lowest BCUT2D eigenvalue weighted by atomic mass is 10.2. The second kappa shape index (κ2) is 7.09. The maximum absolute atomic E-state index is 11.3. The highest BCUT2D eigenvalue weighted by molar-refractivity contribution is 5.66. The van der Waals surface area contributed by atoms with Gasteiger partial charge in [-0.1, -0.05) is 6.42 Å². The molecule has 0 saturated carbocycles. The second-order valence-electron chi connectivity index (χ2n) is 3.87. The zero-order valence-electron chi connectivity index (χ0n) is 10.2. The van der Waals surface area contributed by atoms with Gasteiger partial charge in [0, 0.05) is 13.0 Å². The largest absolute Gasteiger partial charge is 0.481 e. The molecule has 19 heavy (non-hydrogen) atoms. The van der Waals surface area contributed by atoms with Gasteiger partial charge in [-0.3, -0.25) is 14.6 Å². The average molecular weight is 269 g/mol. The first-order valence-electron chi connectivity index (χ1n) is 5.73. The highest BCUT2D eigenvalue weighted by Crippen LogP contribution is 2.13. The lowest BCUT2D eigenvalue weighted by molar-refractivity contribution is -0.137. The molecule has 1 heterocycles. The molecular weight excluding hydrogens is 254 g/mol. The van der Waals surface area contributed by atoms with Crippen LogP contribution >= 0.6 is 0 Å². The molecule has 0 aliphatic carbocycles. The first-order valence-corrected chi connectivity index (χ1v) is 5.73. The summed E-state index contributed by atoms with van der Waals surface area (Å²) in [5, 5.41) is 13.8. The van der Waals surface area contributed by atoms with Crippen LogP contribution < -0.4 is 16.6 Å². The van der Waals surface area contributed by atoms with E-state index in [0.29, 0.717) is 13.0 Å². The third-order valence-corrected chi connectivity index (χ3v) is 2.37. The van der Waals surface area contributed by atoms with E-state index in [4.69, 9.17) is 10.8 Å². The van der Waals surface area contributed by atoms with Crippen LogP contribution in [0.5, 0.6) is 0 Å². The van der Waals surface area contributed by atoms with E-state index in [2.05, 4.69) is 20.5 Å². The van der Waals surface area contributed by atoms with Gasteiger partial charge in [0.1, 0.15) is 0 Å². The lowest BCUT2D eigenvalue weighted by Gasteiger charge is -2.05. The van der Waals surface area contributed by atoms with Gasteiger partial charge in [0.2, 0.25) is 11.6 Å². The summed E-state index contributed by atoms with van der Waals surface area (Å²) in [6.07, 6.45) is 2.20. The minimum atomic E-state index is -0.816. The fraction of sp³-hybridized carbons (Fsp3) is 0.500. The number of rotatable bonds is 8. The van der Waals surface area contributed by atoms with E-state index in [1.807, 2.05) is 0 Å². The molecule has 9 heteroatoms. The molecule has 104 valence electrons. The Kier molecular flexibility index (Phi) is 5.45. The number of aliphatic carboxylic acids is 1. The summed E-state index contributed by atoms with van der Waals surface area (Å²) in [7, 11) is 0. The Morgan fingerprint density at radius 3 is 2.74 bits per heavy atom. The van der Waals surface area contributed by atoms with E-state index in [1.165, 1.54) is 0 Å². The standard InChI is InChI=1S/C10H15N5O4/c11-8-7(15-19)9(18)14-10(13-8)12-5-3-1-2-4-6(16)17/h1-5H2,(H,16,17)(H4,11,12,13,14,18). The van der Waals surface area contributed by atoms with Gasteiger partial charge < -0.3 is 16.2 Å². The Labute approximate surface area is 108 Å². The summed E-state index contributed by atoms with van der Waals surface area (Å²) in [5.41, 5.74) is 4.25. The number of nitrogens with two attached hydrogens (primary N) is 1. The molecule has 0 saturated heterocycles. The van der Waals surface area contributed by atoms with E-state index < -0.39 is 17.2 Å². The molecule has 9 nitrogen and oxygen atoms in total. The van der Waals surface area contributed by atoms with Crippen molar-refractivity contribution >= 4 is 23.4 Å². The summed E-state index contributed by atoms with van der Waals surface area (Å²) in [6.45, 7) is 0.510. The first kappa shape index (κ1) is 14.6. The van der Waals surface area contributed by atoms with Crippen molar-refractivity contribution in [1.29, 1.82) is 0 Å². The van der Waals surface area contributed by atoms with Crippen molar-refractivity contribution in [2.24, 2.45) is 5.18 Å². The quantitative estimate of drug-likeness (QED) is 0.402. The van der Waals surface area contributed by atoms with Gasteiger partial charge in [0.15, 0.2) is 5.82 Å². The molecule has 0 aromatic carbocycles. The van der Waals surface area contributed by atoms with Crippen LogP contribution in [0.25, 0.3) is 0 Å². The van der Waals surface area contributed by atoms with Crippen LogP contribution in [-0.2, 0) is 4.79 Å². The van der Waals surface area contributed by atoms with Crippen LogP contribution in [-0.4, -0.2) is 27.6 Å². The van der Waals surface area contributed by atoms with Gasteiger partial charge in [-0.15, -0.1) is 4.91 Å². The average Bonchev–Trinajstić information content (AvgIpc) is 2.33. The van der Waals surface area contributed by atoms with Crippen LogP contribution in [0.1, 0.15) is 25.7 Å². The van der Waals surface area contributed by atoms with E-state index in [1.54, 1.807) is 0 Å². The lowest BCUT2D eigenvalue weighted by Crippen LogP contribution is -2.15. The predicted molar refractivity (Wildman–Crippen MR) is 69.3 cm³/mol. The number of carbonyl (C=O) groups is 1. The molecule has 0 spiro atoms. The Morgan fingerprint density at radius 2 is 2.16 bits per heavy atom. The highest BCUT2D eigenvalue weighted by atomic mass is 16.4. The fourth-order valence-electron chi connectivity index (χ4n) is 1.44. The number of nitroso groups, excluding NO2 is 1. The van der Waals surface area contributed by atoms with Crippen molar-refractivity contribution in [2.75, 3.05) is 17.6 Å². The molecule has 0 bridgehead atoms. The summed E-state index contributed by atoms with van der Waals surface area (Å²) in [5.74, 6) is -0.885. The zero-order valence-corrected chi connectivity index (χ0v) is 10.2. The number of unbranched alkanes of at least 4 members (excludes halogenated alkanes) is 2. The zero-order chi connectivity index (χ0) is 14.3. The monoisotopic (exact) mass is 269 g/mol. The van der Waals surface area contributed by atoms with E-state index in [9.17, 15) is 14.5 Å². The van der Waals surface area contributed by atoms with E-state index in [-0.39, 0.29) is 18.2 Å². The molecule has 0 aliphatic heterocycles. The molecule has 0 atom stereocenters. The third-order valence-electron chi connectivity index (χ3n) is 2.37. The number of aromatic amines is 1. The normalized spacial score (nSPS) is 10.1. The number of nitrogens with one attached hydrogen (secondary N) is 2. The van der Waals surface area contributed by atoms with Gasteiger partial charge >= 0.3 is 5.97 Å². The van der Waals surface area contributed by atoms with Crippen LogP contribution in [0.15, 0.2) is 9.97 Å². The van der Waals surface area contributed by atoms with Crippen LogP contribution in [0, 0.1) is 4.91 Å². The molecule has 5 N–H and O–H groups in total. The number of hydrogen-bond donors (Lipinski definition) is 4. The van der Waals surface area contributed by atoms with Crippen LogP contribution in [0.4, 0.5) is 17.5 Å². The molecule has 0 fully saturated rings. The second-order valence-corrected chi connectivity index (χ2v) is 3.87. The minimum absolute atomic E-state index is 0.141. The molecule has 1 aromatic rings. The third kappa shape index (κ3) is 4.74. The van der Waals surface area contributed by atoms with Gasteiger partial charge in [0.05, 0.1) is 0 Å². The van der Waals surface area contributed by atoms with Crippen molar-refractivity contribution in [3.63, 3.8) is 0 Å². The molecule has 0 unspecified atom stereocenters. The van der Waals surface area contributed by atoms with Crippen molar-refractivity contribution in [2.45, 2.75) is 25.7 Å². The van der Waals surface area contributed by atoms with Gasteiger partial charge in [-0.2, -0.15) is 4.98 Å². The Bertz CT molecular complexity index is 513. The molecule has 0 aliphatic rings. The van der Waals surface area contributed by atoms with Gasteiger partial charge in [-0.25, -0.2) is 0 Å². The number of anilines is 2. The summed E-state index contributed by atoms with van der Waals surface area (Å²) >= 11 is 0. The number of nitrogens with zero attached hydrogens (tertiary/aromatic N) is 2. The molecule has 0 amide bonds. The van der Waals surface area contributed by atoms with Crippen molar-refractivity contribution in [3.8, 4) is 0 Å². The molecule has 1 aromatic heterocycles. The van der Waals surface area contributed by atoms with Crippen LogP contribution in [0.2, 0.25) is 0 Å². The Morgan fingerprint density at radius 1 is 1.42 bits per heavy atom. The molecule has 0 radical (unpaired) electrons. The highest BCUT2D eigenvalue weighted by Gasteiger charge is 2.08. The maximum atomic E-state index is 11.3. The van der Waals surface area contributed by atoms with Crippen LogP contribution in [0.3, 0.4) is 0 Å².